The van der Waals surface area contributed by atoms with Crippen LogP contribution in [0.5, 0.6) is 0 Å². The molecule has 4 rings (SSSR count). The van der Waals surface area contributed by atoms with Gasteiger partial charge in [0, 0.05) is 45.0 Å². The first-order chi connectivity index (χ1) is 11.7. The summed E-state index contributed by atoms with van der Waals surface area (Å²) in [4.78, 5) is 14.4. The van der Waals surface area contributed by atoms with Gasteiger partial charge in [-0.2, -0.15) is 0 Å². The van der Waals surface area contributed by atoms with Crippen molar-refractivity contribution in [2.24, 2.45) is 7.05 Å². The lowest BCUT2D eigenvalue weighted by Gasteiger charge is -2.32. The summed E-state index contributed by atoms with van der Waals surface area (Å²) >= 11 is 0. The molecule has 0 N–H and O–H groups in total. The minimum absolute atomic E-state index is 0.101. The first kappa shape index (κ1) is 15.1. The van der Waals surface area contributed by atoms with Crippen LogP contribution in [-0.4, -0.2) is 37.6 Å². The monoisotopic (exact) mass is 323 g/mol. The first-order valence-electron chi connectivity index (χ1n) is 8.38. The van der Waals surface area contributed by atoms with Crippen LogP contribution in [0.4, 0.5) is 0 Å². The van der Waals surface area contributed by atoms with Gasteiger partial charge in [-0.15, -0.1) is 5.10 Å². The van der Waals surface area contributed by atoms with Crippen molar-refractivity contribution in [2.75, 3.05) is 13.1 Å². The summed E-state index contributed by atoms with van der Waals surface area (Å²) in [5, 5.41) is 8.25. The number of aromatic nitrogens is 4. The Hall–Kier alpha value is -2.47. The Bertz CT molecular complexity index is 905. The van der Waals surface area contributed by atoms with E-state index in [9.17, 15) is 4.79 Å². The largest absolute Gasteiger partial charge is 0.312 e. The number of aryl methyl sites for hydroxylation is 1. The van der Waals surface area contributed by atoms with E-state index in [1.807, 2.05) is 23.9 Å². The maximum absolute atomic E-state index is 12.0. The molecule has 2 aromatic heterocycles. The van der Waals surface area contributed by atoms with Crippen molar-refractivity contribution in [3.05, 3.63) is 58.5 Å². The van der Waals surface area contributed by atoms with Gasteiger partial charge in [0.1, 0.15) is 5.52 Å². The van der Waals surface area contributed by atoms with Gasteiger partial charge in [-0.3, -0.25) is 9.69 Å². The molecule has 0 saturated carbocycles. The number of benzene rings is 1. The lowest BCUT2D eigenvalue weighted by molar-refractivity contribution is 0.178. The number of hydrogen-bond acceptors (Lipinski definition) is 4. The molecule has 6 nitrogen and oxygen atoms in total. The number of likely N-dealkylation sites (tertiary alicyclic amines) is 1. The standard InChI is InChI=1S/C18H21N5O/c1-21-17-6-5-14(12-16(17)19-20-21)13-22-10-7-15(8-11-22)23-9-3-2-4-18(23)24/h2-6,9,12,15H,7-8,10-11,13H2,1H3. The van der Waals surface area contributed by atoms with Crippen molar-refractivity contribution in [3.63, 3.8) is 0 Å². The molecule has 3 aromatic rings. The van der Waals surface area contributed by atoms with Gasteiger partial charge in [0.15, 0.2) is 0 Å². The molecule has 6 heteroatoms. The number of nitrogens with zero attached hydrogens (tertiary/aromatic N) is 5. The molecule has 0 unspecified atom stereocenters. The Morgan fingerprint density at radius 3 is 2.79 bits per heavy atom. The minimum Gasteiger partial charge on any atom is -0.312 e. The second kappa shape index (κ2) is 6.20. The van der Waals surface area contributed by atoms with E-state index in [1.54, 1.807) is 16.8 Å². The Morgan fingerprint density at radius 1 is 1.17 bits per heavy atom. The number of hydrogen-bond donors (Lipinski definition) is 0. The van der Waals surface area contributed by atoms with Crippen LogP contribution in [0.2, 0.25) is 0 Å². The molecular weight excluding hydrogens is 302 g/mol. The zero-order valence-electron chi connectivity index (χ0n) is 13.8. The normalized spacial score (nSPS) is 16.7. The summed E-state index contributed by atoms with van der Waals surface area (Å²) in [6.07, 6.45) is 3.93. The van der Waals surface area contributed by atoms with E-state index in [1.165, 1.54) is 5.56 Å². The van der Waals surface area contributed by atoms with Crippen LogP contribution in [0.1, 0.15) is 24.4 Å². The molecular formula is C18H21N5O. The van der Waals surface area contributed by atoms with E-state index >= 15 is 0 Å². The first-order valence-corrected chi connectivity index (χ1v) is 8.38. The van der Waals surface area contributed by atoms with Gasteiger partial charge < -0.3 is 4.57 Å². The van der Waals surface area contributed by atoms with Gasteiger partial charge in [-0.1, -0.05) is 17.3 Å². The van der Waals surface area contributed by atoms with Crippen LogP contribution < -0.4 is 5.56 Å². The molecule has 1 saturated heterocycles. The molecule has 0 spiro atoms. The number of piperidine rings is 1. The fraction of sp³-hybridized carbons (Fsp3) is 0.389. The molecule has 1 fully saturated rings. The maximum atomic E-state index is 12.0. The van der Waals surface area contributed by atoms with Crippen LogP contribution >= 0.6 is 0 Å². The van der Waals surface area contributed by atoms with Gasteiger partial charge in [-0.25, -0.2) is 4.68 Å². The molecule has 124 valence electrons. The summed E-state index contributed by atoms with van der Waals surface area (Å²) < 4.78 is 3.67. The molecule has 1 aliphatic rings. The molecule has 1 aromatic carbocycles. The summed E-state index contributed by atoms with van der Waals surface area (Å²) in [7, 11) is 1.91. The second-order valence-electron chi connectivity index (χ2n) is 6.49. The molecule has 0 amide bonds. The highest BCUT2D eigenvalue weighted by Gasteiger charge is 2.21. The molecule has 0 aliphatic carbocycles. The molecule has 0 radical (unpaired) electrons. The van der Waals surface area contributed by atoms with Crippen LogP contribution in [0, 0.1) is 0 Å². The third-order valence-corrected chi connectivity index (χ3v) is 4.88. The highest BCUT2D eigenvalue weighted by molar-refractivity contribution is 5.74. The van der Waals surface area contributed by atoms with Crippen molar-refractivity contribution < 1.29 is 0 Å². The predicted molar refractivity (Wildman–Crippen MR) is 92.8 cm³/mol. The Kier molecular flexibility index (Phi) is 3.90. The van der Waals surface area contributed by atoms with Gasteiger partial charge in [-0.05, 0) is 36.6 Å². The van der Waals surface area contributed by atoms with Gasteiger partial charge >= 0.3 is 0 Å². The van der Waals surface area contributed by atoms with E-state index < -0.39 is 0 Å². The van der Waals surface area contributed by atoms with Gasteiger partial charge in [0.2, 0.25) is 0 Å². The number of fused-ring (bicyclic) bond motifs is 1. The molecule has 3 heterocycles. The maximum Gasteiger partial charge on any atom is 0.250 e. The fourth-order valence-electron chi connectivity index (χ4n) is 3.54. The van der Waals surface area contributed by atoms with Gasteiger partial charge in [0.05, 0.1) is 5.52 Å². The summed E-state index contributed by atoms with van der Waals surface area (Å²) in [5.74, 6) is 0. The summed E-state index contributed by atoms with van der Waals surface area (Å²) in [5.41, 5.74) is 3.36. The molecule has 0 atom stereocenters. The van der Waals surface area contributed by atoms with Crippen LogP contribution in [0.25, 0.3) is 11.0 Å². The molecule has 1 aliphatic heterocycles. The zero-order chi connectivity index (χ0) is 16.5. The van der Waals surface area contributed by atoms with Crippen LogP contribution in [-0.2, 0) is 13.6 Å². The van der Waals surface area contributed by atoms with Crippen molar-refractivity contribution in [2.45, 2.75) is 25.4 Å². The van der Waals surface area contributed by atoms with Gasteiger partial charge in [0.25, 0.3) is 5.56 Å². The second-order valence-corrected chi connectivity index (χ2v) is 6.49. The highest BCUT2D eigenvalue weighted by atomic mass is 16.1. The van der Waals surface area contributed by atoms with Crippen molar-refractivity contribution in [3.8, 4) is 0 Å². The SMILES string of the molecule is Cn1nnc2cc(CN3CCC(n4ccccc4=O)CC3)ccc21. The van der Waals surface area contributed by atoms with E-state index in [2.05, 4.69) is 33.4 Å². The zero-order valence-corrected chi connectivity index (χ0v) is 13.8. The lowest BCUT2D eigenvalue weighted by atomic mass is 10.0. The van der Waals surface area contributed by atoms with E-state index in [-0.39, 0.29) is 5.56 Å². The number of rotatable bonds is 3. The van der Waals surface area contributed by atoms with Crippen molar-refractivity contribution in [1.29, 1.82) is 0 Å². The smallest absolute Gasteiger partial charge is 0.250 e. The Labute approximate surface area is 140 Å². The van der Waals surface area contributed by atoms with Crippen molar-refractivity contribution >= 4 is 11.0 Å². The predicted octanol–water partition coefficient (Wildman–Crippen LogP) is 1.97. The highest BCUT2D eigenvalue weighted by Crippen LogP contribution is 2.23. The summed E-state index contributed by atoms with van der Waals surface area (Å²) in [6, 6.07) is 12.1. The van der Waals surface area contributed by atoms with Crippen LogP contribution in [0.15, 0.2) is 47.4 Å². The lowest BCUT2D eigenvalue weighted by Crippen LogP contribution is -2.36. The molecule has 24 heavy (non-hydrogen) atoms. The topological polar surface area (TPSA) is 56.0 Å². The average Bonchev–Trinajstić information content (AvgIpc) is 2.97. The number of pyridine rings is 1. The Balaban J connectivity index is 1.42. The Morgan fingerprint density at radius 2 is 2.00 bits per heavy atom. The quantitative estimate of drug-likeness (QED) is 0.739. The van der Waals surface area contributed by atoms with E-state index in [0.717, 1.165) is 43.5 Å². The average molecular weight is 323 g/mol. The minimum atomic E-state index is 0.101. The third-order valence-electron chi connectivity index (χ3n) is 4.88. The van der Waals surface area contributed by atoms with Crippen LogP contribution in [0.3, 0.4) is 0 Å². The third kappa shape index (κ3) is 2.85. The van der Waals surface area contributed by atoms with E-state index in [4.69, 9.17) is 0 Å². The van der Waals surface area contributed by atoms with E-state index in [0.29, 0.717) is 6.04 Å². The summed E-state index contributed by atoms with van der Waals surface area (Å²) in [6.45, 7) is 2.93. The molecule has 0 bridgehead atoms. The van der Waals surface area contributed by atoms with Crippen molar-refractivity contribution in [1.82, 2.24) is 24.5 Å². The fourth-order valence-corrected chi connectivity index (χ4v) is 3.54.